The van der Waals surface area contributed by atoms with Crippen LogP contribution in [0, 0.1) is 0 Å². The van der Waals surface area contributed by atoms with E-state index in [9.17, 15) is 0 Å². The van der Waals surface area contributed by atoms with Gasteiger partial charge in [0.05, 0.1) is 13.7 Å². The minimum Gasteiger partial charge on any atom is -0.493 e. The second-order valence-electron chi connectivity index (χ2n) is 7.16. The molecule has 2 N–H and O–H groups in total. The van der Waals surface area contributed by atoms with E-state index < -0.39 is 0 Å². The summed E-state index contributed by atoms with van der Waals surface area (Å²) in [4.78, 5) is 13.6. The number of piperazine rings is 1. The van der Waals surface area contributed by atoms with Crippen LogP contribution in [0.1, 0.15) is 12.5 Å². The maximum atomic E-state index is 5.58. The molecule has 1 aliphatic rings. The van der Waals surface area contributed by atoms with Crippen molar-refractivity contribution in [1.29, 1.82) is 0 Å². The average molecular weight is 540 g/mol. The number of benzene rings is 1. The zero-order valence-electron chi connectivity index (χ0n) is 18.7. The van der Waals surface area contributed by atoms with Gasteiger partial charge in [-0.3, -0.25) is 4.99 Å². The van der Waals surface area contributed by atoms with Crippen LogP contribution >= 0.6 is 24.0 Å². The lowest BCUT2D eigenvalue weighted by molar-refractivity contribution is 0.311. The SMILES string of the molecule is CCOc1ccc(NC(=NC)NCc2ccnc(N3CCN(C)CC3)c2)cc1OC.I. The van der Waals surface area contributed by atoms with Crippen LogP contribution in [-0.4, -0.2) is 69.8 Å². The molecule has 170 valence electrons. The topological polar surface area (TPSA) is 74.2 Å². The van der Waals surface area contributed by atoms with Crippen LogP contribution in [0.4, 0.5) is 11.5 Å². The van der Waals surface area contributed by atoms with Gasteiger partial charge in [0, 0.05) is 57.7 Å². The van der Waals surface area contributed by atoms with E-state index in [2.05, 4.69) is 43.5 Å². The summed E-state index contributed by atoms with van der Waals surface area (Å²) in [7, 11) is 5.54. The van der Waals surface area contributed by atoms with Crippen molar-refractivity contribution in [2.45, 2.75) is 13.5 Å². The second kappa shape index (κ2) is 12.6. The Morgan fingerprint density at radius 2 is 1.90 bits per heavy atom. The molecule has 1 aromatic heterocycles. The maximum Gasteiger partial charge on any atom is 0.195 e. The Morgan fingerprint density at radius 3 is 2.58 bits per heavy atom. The average Bonchev–Trinajstić information content (AvgIpc) is 2.78. The van der Waals surface area contributed by atoms with Gasteiger partial charge in [0.25, 0.3) is 0 Å². The van der Waals surface area contributed by atoms with Crippen LogP contribution in [0.5, 0.6) is 11.5 Å². The van der Waals surface area contributed by atoms with Crippen LogP contribution in [0.3, 0.4) is 0 Å². The molecular weight excluding hydrogens is 507 g/mol. The van der Waals surface area contributed by atoms with Gasteiger partial charge < -0.3 is 29.9 Å². The first-order valence-corrected chi connectivity index (χ1v) is 10.3. The molecular formula is C22H33IN6O2. The van der Waals surface area contributed by atoms with Crippen molar-refractivity contribution in [2.24, 2.45) is 4.99 Å². The molecule has 2 heterocycles. The van der Waals surface area contributed by atoms with Crippen LogP contribution < -0.4 is 25.0 Å². The zero-order chi connectivity index (χ0) is 21.3. The fraction of sp³-hybridized carbons (Fsp3) is 0.455. The lowest BCUT2D eigenvalue weighted by Crippen LogP contribution is -2.44. The van der Waals surface area contributed by atoms with Crippen LogP contribution in [0.15, 0.2) is 41.5 Å². The monoisotopic (exact) mass is 540 g/mol. The number of likely N-dealkylation sites (N-methyl/N-ethyl adjacent to an activating group) is 1. The first-order chi connectivity index (χ1) is 14.6. The van der Waals surface area contributed by atoms with E-state index in [1.54, 1.807) is 14.2 Å². The molecule has 1 aliphatic heterocycles. The summed E-state index contributed by atoms with van der Waals surface area (Å²) >= 11 is 0. The molecule has 1 aromatic carbocycles. The highest BCUT2D eigenvalue weighted by Gasteiger charge is 2.15. The molecule has 0 bridgehead atoms. The molecule has 31 heavy (non-hydrogen) atoms. The van der Waals surface area contributed by atoms with E-state index in [4.69, 9.17) is 9.47 Å². The Kier molecular flexibility index (Phi) is 10.1. The molecule has 0 saturated carbocycles. The predicted molar refractivity (Wildman–Crippen MR) is 137 cm³/mol. The van der Waals surface area contributed by atoms with E-state index in [1.165, 1.54) is 0 Å². The highest BCUT2D eigenvalue weighted by atomic mass is 127. The van der Waals surface area contributed by atoms with Gasteiger partial charge >= 0.3 is 0 Å². The summed E-state index contributed by atoms with van der Waals surface area (Å²) in [5.74, 6) is 3.12. The Hall–Kier alpha value is -2.27. The number of methoxy groups -OCH3 is 1. The fourth-order valence-corrected chi connectivity index (χ4v) is 3.30. The molecule has 1 fully saturated rings. The zero-order valence-corrected chi connectivity index (χ0v) is 21.1. The number of hydrogen-bond donors (Lipinski definition) is 2. The number of nitrogens with one attached hydrogen (secondary N) is 2. The van der Waals surface area contributed by atoms with Crippen molar-refractivity contribution in [3.8, 4) is 11.5 Å². The fourth-order valence-electron chi connectivity index (χ4n) is 3.30. The standard InChI is InChI=1S/C22H32N6O2.HI/c1-5-30-19-7-6-18(15-20(19)29-4)26-22(23-2)25-16-17-8-9-24-21(14-17)28-12-10-27(3)11-13-28;/h6-9,14-15H,5,10-13,16H2,1-4H3,(H2,23,25,26);1H. The summed E-state index contributed by atoms with van der Waals surface area (Å²) in [5.41, 5.74) is 2.03. The van der Waals surface area contributed by atoms with Gasteiger partial charge in [-0.05, 0) is 43.8 Å². The van der Waals surface area contributed by atoms with Crippen LogP contribution in [0.25, 0.3) is 0 Å². The van der Waals surface area contributed by atoms with Gasteiger partial charge in [-0.25, -0.2) is 4.98 Å². The van der Waals surface area contributed by atoms with E-state index in [0.29, 0.717) is 24.9 Å². The maximum absolute atomic E-state index is 5.58. The summed E-state index contributed by atoms with van der Waals surface area (Å²) in [5, 5.41) is 6.66. The number of ether oxygens (including phenoxy) is 2. The van der Waals surface area contributed by atoms with Crippen molar-refractivity contribution in [2.75, 3.05) is 64.2 Å². The lowest BCUT2D eigenvalue weighted by Gasteiger charge is -2.33. The van der Waals surface area contributed by atoms with Crippen molar-refractivity contribution < 1.29 is 9.47 Å². The number of rotatable bonds is 7. The number of anilines is 2. The third-order valence-electron chi connectivity index (χ3n) is 5.05. The number of guanidine groups is 1. The predicted octanol–water partition coefficient (Wildman–Crippen LogP) is 3.05. The molecule has 0 radical (unpaired) electrons. The van der Waals surface area contributed by atoms with Gasteiger partial charge in [0.1, 0.15) is 5.82 Å². The number of pyridine rings is 1. The number of nitrogens with zero attached hydrogens (tertiary/aromatic N) is 4. The van der Waals surface area contributed by atoms with Gasteiger partial charge in [0.2, 0.25) is 0 Å². The van der Waals surface area contributed by atoms with Crippen molar-refractivity contribution in [3.63, 3.8) is 0 Å². The van der Waals surface area contributed by atoms with Gasteiger partial charge in [-0.15, -0.1) is 24.0 Å². The normalized spacial score (nSPS) is 14.6. The first-order valence-electron chi connectivity index (χ1n) is 10.3. The lowest BCUT2D eigenvalue weighted by atomic mass is 10.2. The second-order valence-corrected chi connectivity index (χ2v) is 7.16. The summed E-state index contributed by atoms with van der Waals surface area (Å²) < 4.78 is 11.0. The summed E-state index contributed by atoms with van der Waals surface area (Å²) in [6.07, 6.45) is 1.87. The summed E-state index contributed by atoms with van der Waals surface area (Å²) in [6.45, 7) is 7.32. The highest BCUT2D eigenvalue weighted by molar-refractivity contribution is 14.0. The third-order valence-corrected chi connectivity index (χ3v) is 5.05. The first kappa shape index (κ1) is 25.0. The minimum absolute atomic E-state index is 0. The number of hydrogen-bond acceptors (Lipinski definition) is 6. The molecule has 0 atom stereocenters. The Morgan fingerprint density at radius 1 is 1.13 bits per heavy atom. The molecule has 2 aromatic rings. The van der Waals surface area contributed by atoms with E-state index in [1.807, 2.05) is 37.4 Å². The molecule has 3 rings (SSSR count). The molecule has 0 aliphatic carbocycles. The van der Waals surface area contributed by atoms with Crippen LogP contribution in [-0.2, 0) is 6.54 Å². The smallest absolute Gasteiger partial charge is 0.195 e. The third kappa shape index (κ3) is 7.13. The number of aliphatic imine (C=N–C) groups is 1. The Labute approximate surface area is 202 Å². The van der Waals surface area contributed by atoms with E-state index in [0.717, 1.165) is 49.0 Å². The van der Waals surface area contributed by atoms with Crippen LogP contribution in [0.2, 0.25) is 0 Å². The van der Waals surface area contributed by atoms with Crippen molar-refractivity contribution in [1.82, 2.24) is 15.2 Å². The molecule has 8 nitrogen and oxygen atoms in total. The molecule has 9 heteroatoms. The van der Waals surface area contributed by atoms with Gasteiger partial charge in [-0.2, -0.15) is 0 Å². The Bertz CT molecular complexity index is 856. The quantitative estimate of drug-likeness (QED) is 0.318. The molecule has 0 unspecified atom stereocenters. The Balaban J connectivity index is 0.00000341. The van der Waals surface area contributed by atoms with E-state index >= 15 is 0 Å². The van der Waals surface area contributed by atoms with Crippen molar-refractivity contribution in [3.05, 3.63) is 42.1 Å². The molecule has 0 spiro atoms. The van der Waals surface area contributed by atoms with Gasteiger partial charge in [-0.1, -0.05) is 0 Å². The highest BCUT2D eigenvalue weighted by Crippen LogP contribution is 2.30. The van der Waals surface area contributed by atoms with E-state index in [-0.39, 0.29) is 24.0 Å². The minimum atomic E-state index is 0. The van der Waals surface area contributed by atoms with Gasteiger partial charge in [0.15, 0.2) is 17.5 Å². The molecule has 0 amide bonds. The largest absolute Gasteiger partial charge is 0.493 e. The number of aromatic nitrogens is 1. The van der Waals surface area contributed by atoms with Crippen molar-refractivity contribution >= 4 is 41.4 Å². The molecule has 1 saturated heterocycles. The number of halogens is 1. The summed E-state index contributed by atoms with van der Waals surface area (Å²) in [6, 6.07) is 9.91.